The van der Waals surface area contributed by atoms with E-state index in [0.29, 0.717) is 23.6 Å². The monoisotopic (exact) mass is 422 g/mol. The van der Waals surface area contributed by atoms with Gasteiger partial charge in [0.1, 0.15) is 9.96 Å². The van der Waals surface area contributed by atoms with Crippen LogP contribution in [0, 0.1) is 5.92 Å². The fourth-order valence-electron chi connectivity index (χ4n) is 3.46. The molecule has 1 fully saturated rings. The van der Waals surface area contributed by atoms with Crippen LogP contribution in [0.15, 0.2) is 46.0 Å². The van der Waals surface area contributed by atoms with Crippen molar-refractivity contribution >= 4 is 27.3 Å². The van der Waals surface area contributed by atoms with Crippen LogP contribution in [0.3, 0.4) is 0 Å². The van der Waals surface area contributed by atoms with Gasteiger partial charge in [0.15, 0.2) is 0 Å². The number of hydrogen-bond donors (Lipinski definition) is 1. The van der Waals surface area contributed by atoms with E-state index in [-0.39, 0.29) is 24.4 Å². The number of piperidine rings is 1. The number of sulfonamides is 1. The maximum absolute atomic E-state index is 12.9. The number of nitrogens with one attached hydrogen (secondary N) is 1. The number of carbonyl (C=O) groups is 1. The van der Waals surface area contributed by atoms with Crippen molar-refractivity contribution in [2.45, 2.75) is 36.4 Å². The molecule has 1 aliphatic heterocycles. The molecule has 1 N–H and O–H groups in total. The summed E-state index contributed by atoms with van der Waals surface area (Å²) in [4.78, 5) is 12.9. The van der Waals surface area contributed by atoms with Crippen LogP contribution in [0.25, 0.3) is 0 Å². The van der Waals surface area contributed by atoms with Gasteiger partial charge in [0.2, 0.25) is 5.91 Å². The smallest absolute Gasteiger partial charge is 0.252 e. The van der Waals surface area contributed by atoms with Crippen LogP contribution >= 0.6 is 11.3 Å². The molecule has 152 valence electrons. The van der Waals surface area contributed by atoms with Crippen molar-refractivity contribution in [1.82, 2.24) is 9.62 Å². The molecule has 1 aromatic heterocycles. The third kappa shape index (κ3) is 4.56. The van der Waals surface area contributed by atoms with Crippen molar-refractivity contribution in [3.05, 3.63) is 47.3 Å². The summed E-state index contributed by atoms with van der Waals surface area (Å²) in [5, 5.41) is 4.85. The first kappa shape index (κ1) is 20.8. The summed E-state index contributed by atoms with van der Waals surface area (Å²) < 4.78 is 32.5. The molecule has 2 heterocycles. The van der Waals surface area contributed by atoms with Crippen LogP contribution in [0.5, 0.6) is 5.75 Å². The first-order chi connectivity index (χ1) is 13.5. The summed E-state index contributed by atoms with van der Waals surface area (Å²) in [5.41, 5.74) is 1.01. The van der Waals surface area contributed by atoms with Crippen LogP contribution in [0.2, 0.25) is 0 Å². The predicted molar refractivity (Wildman–Crippen MR) is 110 cm³/mol. The molecule has 0 bridgehead atoms. The maximum atomic E-state index is 12.9. The molecule has 0 spiro atoms. The number of carbonyl (C=O) groups excluding carboxylic acids is 1. The number of amides is 1. The first-order valence-electron chi connectivity index (χ1n) is 9.43. The number of benzene rings is 1. The highest BCUT2D eigenvalue weighted by Gasteiger charge is 2.34. The average molecular weight is 423 g/mol. The highest BCUT2D eigenvalue weighted by Crippen LogP contribution is 2.27. The molecule has 28 heavy (non-hydrogen) atoms. The Morgan fingerprint density at radius 2 is 2.07 bits per heavy atom. The summed E-state index contributed by atoms with van der Waals surface area (Å²) in [6, 6.07) is 10.9. The largest absolute Gasteiger partial charge is 0.497 e. The molecule has 0 unspecified atom stereocenters. The van der Waals surface area contributed by atoms with Crippen molar-refractivity contribution in [1.29, 1.82) is 0 Å². The maximum Gasteiger partial charge on any atom is 0.252 e. The van der Waals surface area contributed by atoms with Gasteiger partial charge in [-0.25, -0.2) is 8.42 Å². The Balaban J connectivity index is 1.67. The van der Waals surface area contributed by atoms with Crippen molar-refractivity contribution in [2.75, 3.05) is 20.2 Å². The predicted octanol–water partition coefficient (Wildman–Crippen LogP) is 3.42. The first-order valence-corrected chi connectivity index (χ1v) is 11.8. The molecule has 3 rings (SSSR count). The van der Waals surface area contributed by atoms with Crippen molar-refractivity contribution in [3.63, 3.8) is 0 Å². The Kier molecular flexibility index (Phi) is 6.74. The molecular weight excluding hydrogens is 396 g/mol. The minimum absolute atomic E-state index is 0.0891. The van der Waals surface area contributed by atoms with Crippen LogP contribution in [0.1, 0.15) is 37.8 Å². The van der Waals surface area contributed by atoms with E-state index in [1.165, 1.54) is 15.6 Å². The van der Waals surface area contributed by atoms with Gasteiger partial charge in [-0.1, -0.05) is 25.1 Å². The molecule has 2 atom stereocenters. The topological polar surface area (TPSA) is 75.7 Å². The zero-order valence-corrected chi connectivity index (χ0v) is 17.8. The second kappa shape index (κ2) is 9.07. The van der Waals surface area contributed by atoms with E-state index in [0.717, 1.165) is 17.7 Å². The van der Waals surface area contributed by atoms with E-state index in [1.807, 2.05) is 31.2 Å². The van der Waals surface area contributed by atoms with Crippen LogP contribution in [-0.2, 0) is 14.8 Å². The summed E-state index contributed by atoms with van der Waals surface area (Å²) in [5.74, 6) is 0.344. The van der Waals surface area contributed by atoms with E-state index < -0.39 is 10.0 Å². The van der Waals surface area contributed by atoms with Crippen LogP contribution in [0.4, 0.5) is 0 Å². The average Bonchev–Trinajstić information content (AvgIpc) is 3.28. The van der Waals surface area contributed by atoms with E-state index >= 15 is 0 Å². The number of hydrogen-bond acceptors (Lipinski definition) is 5. The van der Waals surface area contributed by atoms with Crippen LogP contribution < -0.4 is 10.1 Å². The Morgan fingerprint density at radius 3 is 2.68 bits per heavy atom. The van der Waals surface area contributed by atoms with Gasteiger partial charge in [0, 0.05) is 13.1 Å². The molecule has 1 aliphatic rings. The summed E-state index contributed by atoms with van der Waals surface area (Å²) in [6.45, 7) is 2.70. The number of ether oxygens (including phenoxy) is 1. The number of nitrogens with zero attached hydrogens (tertiary/aromatic N) is 1. The highest BCUT2D eigenvalue weighted by molar-refractivity contribution is 7.91. The molecule has 8 heteroatoms. The normalized spacial score (nSPS) is 19.1. The van der Waals surface area contributed by atoms with Gasteiger partial charge in [-0.15, -0.1) is 11.3 Å². The number of rotatable bonds is 7. The fourth-order valence-corrected chi connectivity index (χ4v) is 6.13. The third-order valence-electron chi connectivity index (χ3n) is 5.09. The molecular formula is C20H26N2O4S2. The fraction of sp³-hybridized carbons (Fsp3) is 0.450. The second-order valence-corrected chi connectivity index (χ2v) is 9.99. The SMILES string of the molecule is CC[C@H](NC(=O)[C@@H]1CCCN(S(=O)(=O)c2cccs2)C1)c1ccc(OC)cc1. The number of methoxy groups -OCH3 is 1. The molecule has 6 nitrogen and oxygen atoms in total. The van der Waals surface area contributed by atoms with Gasteiger partial charge >= 0.3 is 0 Å². The van der Waals surface area contributed by atoms with E-state index in [9.17, 15) is 13.2 Å². The van der Waals surface area contributed by atoms with Gasteiger partial charge in [-0.05, 0) is 48.4 Å². The van der Waals surface area contributed by atoms with Gasteiger partial charge in [0.25, 0.3) is 10.0 Å². The van der Waals surface area contributed by atoms with E-state index in [1.54, 1.807) is 24.6 Å². The minimum atomic E-state index is -3.52. The number of thiophene rings is 1. The Labute approximate surface area is 170 Å². The van der Waals surface area contributed by atoms with Crippen molar-refractivity contribution in [3.8, 4) is 5.75 Å². The van der Waals surface area contributed by atoms with Crippen molar-refractivity contribution < 1.29 is 17.9 Å². The van der Waals surface area contributed by atoms with E-state index in [4.69, 9.17) is 4.74 Å². The van der Waals surface area contributed by atoms with Gasteiger partial charge < -0.3 is 10.1 Å². The minimum Gasteiger partial charge on any atom is -0.497 e. The quantitative estimate of drug-likeness (QED) is 0.742. The molecule has 0 radical (unpaired) electrons. The summed E-state index contributed by atoms with van der Waals surface area (Å²) in [7, 11) is -1.90. The standard InChI is InChI=1S/C20H26N2O4S2/c1-3-18(15-8-10-17(26-2)11-9-15)21-20(23)16-6-4-12-22(14-16)28(24,25)19-7-5-13-27-19/h5,7-11,13,16,18H,3-4,6,12,14H2,1-2H3,(H,21,23)/t16-,18+/m1/s1. The van der Waals surface area contributed by atoms with E-state index in [2.05, 4.69) is 5.32 Å². The third-order valence-corrected chi connectivity index (χ3v) is 8.33. The molecule has 1 saturated heterocycles. The van der Waals surface area contributed by atoms with Crippen molar-refractivity contribution in [2.24, 2.45) is 5.92 Å². The molecule has 0 aliphatic carbocycles. The molecule has 0 saturated carbocycles. The summed E-state index contributed by atoms with van der Waals surface area (Å²) >= 11 is 1.21. The lowest BCUT2D eigenvalue weighted by molar-refractivity contribution is -0.126. The second-order valence-electron chi connectivity index (χ2n) is 6.88. The lowest BCUT2D eigenvalue weighted by Gasteiger charge is -2.31. The lowest BCUT2D eigenvalue weighted by Crippen LogP contribution is -2.45. The summed E-state index contributed by atoms with van der Waals surface area (Å²) in [6.07, 6.45) is 2.13. The zero-order valence-electron chi connectivity index (χ0n) is 16.1. The van der Waals surface area contributed by atoms with Gasteiger partial charge in [-0.2, -0.15) is 4.31 Å². The molecule has 1 amide bonds. The van der Waals surface area contributed by atoms with Gasteiger partial charge in [0.05, 0.1) is 19.1 Å². The molecule has 1 aromatic carbocycles. The Bertz CT molecular complexity index is 879. The zero-order chi connectivity index (χ0) is 20.1. The molecule has 2 aromatic rings. The van der Waals surface area contributed by atoms with Crippen LogP contribution in [-0.4, -0.2) is 38.8 Å². The highest BCUT2D eigenvalue weighted by atomic mass is 32.2. The Hall–Kier alpha value is -1.90. The lowest BCUT2D eigenvalue weighted by atomic mass is 9.97. The van der Waals surface area contributed by atoms with Gasteiger partial charge in [-0.3, -0.25) is 4.79 Å². The Morgan fingerprint density at radius 1 is 1.32 bits per heavy atom.